The second-order valence-corrected chi connectivity index (χ2v) is 4.67. The Labute approximate surface area is 114 Å². The lowest BCUT2D eigenvalue weighted by Crippen LogP contribution is -2.14. The normalized spacial score (nSPS) is 10.5. The van der Waals surface area contributed by atoms with Crippen LogP contribution in [0.2, 0.25) is 0 Å². The lowest BCUT2D eigenvalue weighted by atomic mass is 10.1. The van der Waals surface area contributed by atoms with Crippen molar-refractivity contribution in [3.8, 4) is 5.75 Å². The van der Waals surface area contributed by atoms with E-state index in [1.165, 1.54) is 16.5 Å². The number of hydrogen-bond acceptors (Lipinski definition) is 2. The molecule has 1 aromatic carbocycles. The van der Waals surface area contributed by atoms with Crippen LogP contribution in [0.4, 0.5) is 4.39 Å². The lowest BCUT2D eigenvalue weighted by molar-refractivity contribution is 0.411. The van der Waals surface area contributed by atoms with Crippen LogP contribution in [0.5, 0.6) is 5.75 Å². The average molecular weight is 266 g/mol. The summed E-state index contributed by atoms with van der Waals surface area (Å²) in [7, 11) is 8.52. The van der Waals surface area contributed by atoms with Crippen molar-refractivity contribution in [3.63, 3.8) is 0 Å². The molecular weight excluding hydrogens is 243 g/mol. The summed E-state index contributed by atoms with van der Waals surface area (Å²) in [6.07, 6.45) is 3.25. The third-order valence-electron chi connectivity index (χ3n) is 3.10. The van der Waals surface area contributed by atoms with Crippen molar-refractivity contribution in [1.82, 2.24) is 9.47 Å². The minimum absolute atomic E-state index is 0.500. The highest BCUT2D eigenvalue weighted by Crippen LogP contribution is 2.30. The summed E-state index contributed by atoms with van der Waals surface area (Å²) in [5.41, 5.74) is 2.59. The summed E-state index contributed by atoms with van der Waals surface area (Å²) < 4.78 is 17.1. The second-order valence-electron chi connectivity index (χ2n) is 4.67. The number of ether oxygens (including phenoxy) is 1. The molecule has 3 nitrogen and oxygen atoms in total. The SMILES string of the molecule is CF.COc1cccc2c1c(CCN(C)C)cn2C. The number of methoxy groups -OCH3 is 1. The Kier molecular flexibility index (Phi) is 5.83. The van der Waals surface area contributed by atoms with E-state index in [9.17, 15) is 4.39 Å². The van der Waals surface area contributed by atoms with Gasteiger partial charge in [-0.1, -0.05) is 6.07 Å². The first-order valence-corrected chi connectivity index (χ1v) is 6.27. The van der Waals surface area contributed by atoms with Gasteiger partial charge in [-0.05, 0) is 38.2 Å². The topological polar surface area (TPSA) is 17.4 Å². The fraction of sp³-hybridized carbons (Fsp3) is 0.467. The maximum atomic E-state index is 9.50. The zero-order chi connectivity index (χ0) is 14.4. The Morgan fingerprint density at radius 3 is 2.53 bits per heavy atom. The molecule has 0 saturated carbocycles. The Morgan fingerprint density at radius 2 is 1.95 bits per heavy atom. The molecule has 0 spiro atoms. The third-order valence-corrected chi connectivity index (χ3v) is 3.10. The average Bonchev–Trinajstić information content (AvgIpc) is 2.76. The van der Waals surface area contributed by atoms with E-state index in [-0.39, 0.29) is 0 Å². The number of rotatable bonds is 4. The summed E-state index contributed by atoms with van der Waals surface area (Å²) >= 11 is 0. The van der Waals surface area contributed by atoms with Crippen molar-refractivity contribution in [2.24, 2.45) is 7.05 Å². The molecule has 2 aromatic rings. The van der Waals surface area contributed by atoms with E-state index >= 15 is 0 Å². The van der Waals surface area contributed by atoms with Crippen LogP contribution in [0.15, 0.2) is 24.4 Å². The highest BCUT2D eigenvalue weighted by atomic mass is 19.1. The molecule has 1 aromatic heterocycles. The number of aromatic nitrogens is 1. The molecule has 4 heteroatoms. The number of fused-ring (bicyclic) bond motifs is 1. The van der Waals surface area contributed by atoms with Gasteiger partial charge >= 0.3 is 0 Å². The Hall–Kier alpha value is -1.55. The highest BCUT2D eigenvalue weighted by molar-refractivity contribution is 5.90. The number of likely N-dealkylation sites (N-methyl/N-ethyl adjacent to an activating group) is 1. The van der Waals surface area contributed by atoms with E-state index in [1.54, 1.807) is 7.11 Å². The van der Waals surface area contributed by atoms with Gasteiger partial charge < -0.3 is 14.2 Å². The van der Waals surface area contributed by atoms with E-state index in [0.29, 0.717) is 7.18 Å². The van der Waals surface area contributed by atoms with Gasteiger partial charge in [-0.25, -0.2) is 0 Å². The maximum Gasteiger partial charge on any atom is 0.128 e. The summed E-state index contributed by atoms with van der Waals surface area (Å²) in [5.74, 6) is 0.969. The van der Waals surface area contributed by atoms with Crippen molar-refractivity contribution >= 4 is 10.9 Å². The predicted molar refractivity (Wildman–Crippen MR) is 78.8 cm³/mol. The highest BCUT2D eigenvalue weighted by Gasteiger charge is 2.11. The Balaban J connectivity index is 0.000000861. The number of halogens is 1. The van der Waals surface area contributed by atoms with E-state index in [2.05, 4.69) is 42.9 Å². The monoisotopic (exact) mass is 266 g/mol. The fourth-order valence-corrected chi connectivity index (χ4v) is 2.21. The van der Waals surface area contributed by atoms with Crippen LogP contribution in [0.25, 0.3) is 10.9 Å². The van der Waals surface area contributed by atoms with Gasteiger partial charge in [-0.15, -0.1) is 0 Å². The van der Waals surface area contributed by atoms with Crippen molar-refractivity contribution in [2.75, 3.05) is 34.9 Å². The zero-order valence-electron chi connectivity index (χ0n) is 12.4. The number of alkyl halides is 1. The lowest BCUT2D eigenvalue weighted by Gasteiger charge is -2.09. The van der Waals surface area contributed by atoms with Crippen molar-refractivity contribution in [3.05, 3.63) is 30.0 Å². The molecule has 2 rings (SSSR count). The molecule has 0 atom stereocenters. The van der Waals surface area contributed by atoms with Gasteiger partial charge in [0.2, 0.25) is 0 Å². The van der Waals surface area contributed by atoms with Crippen LogP contribution in [0.3, 0.4) is 0 Å². The first-order valence-electron chi connectivity index (χ1n) is 6.27. The smallest absolute Gasteiger partial charge is 0.128 e. The zero-order valence-corrected chi connectivity index (χ0v) is 12.4. The van der Waals surface area contributed by atoms with E-state index in [1.807, 2.05) is 12.1 Å². The molecule has 0 unspecified atom stereocenters. The van der Waals surface area contributed by atoms with Gasteiger partial charge in [-0.2, -0.15) is 0 Å². The summed E-state index contributed by atoms with van der Waals surface area (Å²) in [5, 5.41) is 1.25. The maximum absolute atomic E-state index is 9.50. The van der Waals surface area contributed by atoms with Crippen LogP contribution in [-0.4, -0.2) is 44.4 Å². The number of aryl methyl sites for hydroxylation is 1. The quantitative estimate of drug-likeness (QED) is 0.846. The molecule has 0 amide bonds. The summed E-state index contributed by atoms with van der Waals surface area (Å²) in [4.78, 5) is 2.20. The summed E-state index contributed by atoms with van der Waals surface area (Å²) in [6.45, 7) is 1.05. The van der Waals surface area contributed by atoms with Crippen LogP contribution >= 0.6 is 0 Å². The van der Waals surface area contributed by atoms with Crippen molar-refractivity contribution < 1.29 is 9.13 Å². The van der Waals surface area contributed by atoms with Gasteiger partial charge in [0.1, 0.15) is 5.75 Å². The predicted octanol–water partition coefficient (Wildman–Crippen LogP) is 2.88. The van der Waals surface area contributed by atoms with E-state index < -0.39 is 0 Å². The first-order chi connectivity index (χ1) is 9.13. The molecule has 0 saturated heterocycles. The fourth-order valence-electron chi connectivity index (χ4n) is 2.21. The number of hydrogen-bond donors (Lipinski definition) is 0. The van der Waals surface area contributed by atoms with Crippen molar-refractivity contribution in [2.45, 2.75) is 6.42 Å². The molecule has 0 aliphatic rings. The van der Waals surface area contributed by atoms with Gasteiger partial charge in [0.05, 0.1) is 19.8 Å². The van der Waals surface area contributed by atoms with Crippen molar-refractivity contribution in [1.29, 1.82) is 0 Å². The molecule has 106 valence electrons. The van der Waals surface area contributed by atoms with Gasteiger partial charge in [0.15, 0.2) is 0 Å². The van der Waals surface area contributed by atoms with Crippen LogP contribution < -0.4 is 4.74 Å². The molecule has 0 N–H and O–H groups in total. The Morgan fingerprint density at radius 1 is 1.26 bits per heavy atom. The molecule has 0 aliphatic heterocycles. The second kappa shape index (κ2) is 7.14. The molecule has 1 heterocycles. The molecule has 19 heavy (non-hydrogen) atoms. The van der Waals surface area contributed by atoms with Crippen LogP contribution in [0.1, 0.15) is 5.56 Å². The molecule has 0 aliphatic carbocycles. The largest absolute Gasteiger partial charge is 0.496 e. The van der Waals surface area contributed by atoms with E-state index in [4.69, 9.17) is 4.74 Å². The van der Waals surface area contributed by atoms with E-state index in [0.717, 1.165) is 18.7 Å². The summed E-state index contributed by atoms with van der Waals surface area (Å²) in [6, 6.07) is 6.20. The van der Waals surface area contributed by atoms with Gasteiger partial charge in [0.25, 0.3) is 0 Å². The molecule has 0 radical (unpaired) electrons. The standard InChI is InChI=1S/C14H20N2O.CH3F/c1-15(2)9-8-11-10-16(3)12-6-5-7-13(17-4)14(11)12;1-2/h5-7,10H,8-9H2,1-4H3;1H3. The van der Waals surface area contributed by atoms with Crippen LogP contribution in [-0.2, 0) is 13.5 Å². The third kappa shape index (κ3) is 3.47. The first kappa shape index (κ1) is 15.5. The number of nitrogens with zero attached hydrogens (tertiary/aromatic N) is 2. The minimum Gasteiger partial charge on any atom is -0.496 e. The van der Waals surface area contributed by atoms with Crippen LogP contribution in [0, 0.1) is 0 Å². The van der Waals surface area contributed by atoms with Gasteiger partial charge in [-0.3, -0.25) is 4.39 Å². The minimum atomic E-state index is 0.500. The molecule has 0 bridgehead atoms. The molecule has 0 fully saturated rings. The Bertz CT molecular complexity index is 520. The molecular formula is C15H23FN2O. The van der Waals surface area contributed by atoms with Gasteiger partial charge in [0, 0.05) is 25.2 Å². The number of benzene rings is 1.